The van der Waals surface area contributed by atoms with Crippen LogP contribution in [-0.4, -0.2) is 35.7 Å². The third-order valence-electron chi connectivity index (χ3n) is 5.49. The summed E-state index contributed by atoms with van der Waals surface area (Å²) in [5.74, 6) is 2.51. The van der Waals surface area contributed by atoms with E-state index in [1.807, 2.05) is 0 Å². The van der Waals surface area contributed by atoms with Crippen LogP contribution in [-0.2, 0) is 4.74 Å². The fourth-order valence-electron chi connectivity index (χ4n) is 4.36. The molecule has 98 valence electrons. The van der Waals surface area contributed by atoms with E-state index in [0.29, 0.717) is 12.1 Å². The number of hydrogen-bond acceptors (Lipinski definition) is 2. The molecule has 0 amide bonds. The molecule has 2 heteroatoms. The third-order valence-corrected chi connectivity index (χ3v) is 5.49. The van der Waals surface area contributed by atoms with Gasteiger partial charge in [-0.05, 0) is 50.9 Å². The van der Waals surface area contributed by atoms with E-state index in [9.17, 15) is 0 Å². The van der Waals surface area contributed by atoms with Gasteiger partial charge in [-0.25, -0.2) is 0 Å². The minimum atomic E-state index is 0.240. The van der Waals surface area contributed by atoms with Crippen molar-refractivity contribution in [3.8, 4) is 0 Å². The quantitative estimate of drug-likeness (QED) is 0.695. The van der Waals surface area contributed by atoms with E-state index >= 15 is 0 Å². The predicted molar refractivity (Wildman–Crippen MR) is 70.0 cm³/mol. The number of fused-ring (bicyclic) bond motifs is 1. The first-order valence-electron chi connectivity index (χ1n) is 7.43. The van der Waals surface area contributed by atoms with Crippen molar-refractivity contribution in [3.63, 3.8) is 0 Å². The summed E-state index contributed by atoms with van der Waals surface area (Å²) in [4.78, 5) is 2.55. The highest BCUT2D eigenvalue weighted by Gasteiger charge is 2.53. The van der Waals surface area contributed by atoms with Gasteiger partial charge in [0.05, 0.1) is 11.7 Å². The summed E-state index contributed by atoms with van der Waals surface area (Å²) in [6, 6.07) is 0.682. The van der Waals surface area contributed by atoms with Crippen molar-refractivity contribution >= 4 is 0 Å². The van der Waals surface area contributed by atoms with Crippen molar-refractivity contribution in [2.45, 2.75) is 64.7 Å². The second-order valence-electron chi connectivity index (χ2n) is 7.16. The minimum Gasteiger partial charge on any atom is -0.369 e. The van der Waals surface area contributed by atoms with Crippen LogP contribution in [0.3, 0.4) is 0 Å². The van der Waals surface area contributed by atoms with Gasteiger partial charge in [-0.2, -0.15) is 0 Å². The van der Waals surface area contributed by atoms with E-state index < -0.39 is 0 Å². The molecule has 1 aliphatic carbocycles. The lowest BCUT2D eigenvalue weighted by atomic mass is 9.78. The number of nitrogens with zero attached hydrogens (tertiary/aromatic N) is 1. The molecular weight excluding hydrogens is 210 g/mol. The monoisotopic (exact) mass is 237 g/mol. The summed E-state index contributed by atoms with van der Waals surface area (Å²) in [5, 5.41) is 0. The van der Waals surface area contributed by atoms with E-state index in [1.54, 1.807) is 0 Å². The molecule has 3 aliphatic rings. The summed E-state index contributed by atoms with van der Waals surface area (Å²) >= 11 is 0. The lowest BCUT2D eigenvalue weighted by Gasteiger charge is -2.56. The summed E-state index contributed by atoms with van der Waals surface area (Å²) < 4.78 is 6.56. The standard InChI is InChI=1S/C15H27NO/c1-10(2)16-8-15(9-16)6-5-13-11(3)7-12(4)14(13)17-15/h10-14H,5-9H2,1-4H3. The molecule has 4 unspecified atom stereocenters. The molecule has 0 aromatic carbocycles. The molecular formula is C15H27NO. The average Bonchev–Trinajstić information content (AvgIpc) is 2.50. The molecule has 2 heterocycles. The molecule has 3 fully saturated rings. The fourth-order valence-corrected chi connectivity index (χ4v) is 4.36. The van der Waals surface area contributed by atoms with Crippen LogP contribution in [0, 0.1) is 17.8 Å². The van der Waals surface area contributed by atoms with Gasteiger partial charge in [0.2, 0.25) is 0 Å². The molecule has 0 N–H and O–H groups in total. The Balaban J connectivity index is 1.65. The second kappa shape index (κ2) is 3.96. The summed E-state index contributed by atoms with van der Waals surface area (Å²) in [7, 11) is 0. The van der Waals surface area contributed by atoms with Crippen LogP contribution in [0.4, 0.5) is 0 Å². The Hall–Kier alpha value is -0.0800. The summed E-state index contributed by atoms with van der Waals surface area (Å²) in [5.41, 5.74) is 0.240. The van der Waals surface area contributed by atoms with Crippen LogP contribution in [0.15, 0.2) is 0 Å². The van der Waals surface area contributed by atoms with Gasteiger partial charge in [-0.1, -0.05) is 13.8 Å². The van der Waals surface area contributed by atoms with E-state index in [-0.39, 0.29) is 5.60 Å². The van der Waals surface area contributed by atoms with E-state index in [4.69, 9.17) is 4.74 Å². The van der Waals surface area contributed by atoms with Gasteiger partial charge in [-0.15, -0.1) is 0 Å². The van der Waals surface area contributed by atoms with Crippen LogP contribution in [0.1, 0.15) is 47.0 Å². The zero-order valence-electron chi connectivity index (χ0n) is 11.8. The first-order valence-corrected chi connectivity index (χ1v) is 7.43. The van der Waals surface area contributed by atoms with E-state index in [0.717, 1.165) is 17.8 Å². The van der Waals surface area contributed by atoms with Crippen molar-refractivity contribution in [3.05, 3.63) is 0 Å². The van der Waals surface area contributed by atoms with Crippen LogP contribution in [0.2, 0.25) is 0 Å². The van der Waals surface area contributed by atoms with Crippen molar-refractivity contribution in [2.24, 2.45) is 17.8 Å². The SMILES string of the molecule is CC1CC(C)C2OC3(CCC12)CN(C(C)C)C3. The Morgan fingerprint density at radius 2 is 1.88 bits per heavy atom. The molecule has 1 saturated carbocycles. The maximum atomic E-state index is 6.56. The summed E-state index contributed by atoms with van der Waals surface area (Å²) in [6.07, 6.45) is 4.64. The molecule has 0 bridgehead atoms. The van der Waals surface area contributed by atoms with Crippen LogP contribution >= 0.6 is 0 Å². The van der Waals surface area contributed by atoms with E-state index in [2.05, 4.69) is 32.6 Å². The molecule has 0 radical (unpaired) electrons. The van der Waals surface area contributed by atoms with Crippen molar-refractivity contribution < 1.29 is 4.74 Å². The molecule has 2 nitrogen and oxygen atoms in total. The lowest BCUT2D eigenvalue weighted by Crippen LogP contribution is -2.67. The average molecular weight is 237 g/mol. The molecule has 0 aromatic rings. The third kappa shape index (κ3) is 1.84. The molecule has 2 aliphatic heterocycles. The number of hydrogen-bond donors (Lipinski definition) is 0. The molecule has 3 rings (SSSR count). The smallest absolute Gasteiger partial charge is 0.0939 e. The molecule has 1 spiro atoms. The Morgan fingerprint density at radius 3 is 2.53 bits per heavy atom. The van der Waals surface area contributed by atoms with E-state index in [1.165, 1.54) is 32.4 Å². The van der Waals surface area contributed by atoms with Gasteiger partial charge >= 0.3 is 0 Å². The lowest BCUT2D eigenvalue weighted by molar-refractivity contribution is -0.224. The van der Waals surface area contributed by atoms with Gasteiger partial charge in [-0.3, -0.25) is 4.90 Å². The largest absolute Gasteiger partial charge is 0.369 e. The van der Waals surface area contributed by atoms with Crippen LogP contribution in [0.5, 0.6) is 0 Å². The first kappa shape index (κ1) is 12.0. The van der Waals surface area contributed by atoms with Gasteiger partial charge in [0.25, 0.3) is 0 Å². The number of likely N-dealkylation sites (tertiary alicyclic amines) is 1. The maximum absolute atomic E-state index is 6.56. The predicted octanol–water partition coefficient (Wildman–Crippen LogP) is 2.92. The number of ether oxygens (including phenoxy) is 1. The molecule has 0 aromatic heterocycles. The first-order chi connectivity index (χ1) is 8.01. The van der Waals surface area contributed by atoms with Gasteiger partial charge in [0.15, 0.2) is 0 Å². The van der Waals surface area contributed by atoms with Gasteiger partial charge in [0, 0.05) is 19.1 Å². The molecule has 2 saturated heterocycles. The Labute approximate surface area is 106 Å². The van der Waals surface area contributed by atoms with Crippen molar-refractivity contribution in [2.75, 3.05) is 13.1 Å². The maximum Gasteiger partial charge on any atom is 0.0939 e. The normalized spacial score (nSPS) is 45.0. The zero-order chi connectivity index (χ0) is 12.2. The molecule has 4 atom stereocenters. The Bertz CT molecular complexity index is 295. The Morgan fingerprint density at radius 1 is 1.18 bits per heavy atom. The highest BCUT2D eigenvalue weighted by molar-refractivity contribution is 5.05. The summed E-state index contributed by atoms with van der Waals surface area (Å²) in [6.45, 7) is 11.7. The second-order valence-corrected chi connectivity index (χ2v) is 7.16. The zero-order valence-corrected chi connectivity index (χ0v) is 11.8. The van der Waals surface area contributed by atoms with Crippen molar-refractivity contribution in [1.82, 2.24) is 4.90 Å². The fraction of sp³-hybridized carbons (Fsp3) is 1.00. The van der Waals surface area contributed by atoms with Crippen molar-refractivity contribution in [1.29, 1.82) is 0 Å². The molecule has 17 heavy (non-hydrogen) atoms. The van der Waals surface area contributed by atoms with Crippen LogP contribution < -0.4 is 0 Å². The minimum absolute atomic E-state index is 0.240. The topological polar surface area (TPSA) is 12.5 Å². The van der Waals surface area contributed by atoms with Crippen LogP contribution in [0.25, 0.3) is 0 Å². The Kier molecular flexibility index (Phi) is 2.79. The van der Waals surface area contributed by atoms with Gasteiger partial charge < -0.3 is 4.74 Å². The highest BCUT2D eigenvalue weighted by atomic mass is 16.5. The van der Waals surface area contributed by atoms with Gasteiger partial charge in [0.1, 0.15) is 0 Å². The number of rotatable bonds is 1. The highest BCUT2D eigenvalue weighted by Crippen LogP contribution is 2.49.